The molecular formula is C16H25NO3S. The van der Waals surface area contributed by atoms with Gasteiger partial charge < -0.3 is 10.4 Å². The van der Waals surface area contributed by atoms with E-state index in [0.29, 0.717) is 11.3 Å². The third-order valence-corrected chi connectivity index (χ3v) is 6.51. The predicted molar refractivity (Wildman–Crippen MR) is 84.1 cm³/mol. The van der Waals surface area contributed by atoms with Gasteiger partial charge in [0.25, 0.3) is 0 Å². The molecule has 2 N–H and O–H groups in total. The fourth-order valence-corrected chi connectivity index (χ4v) is 4.97. The highest BCUT2D eigenvalue weighted by Gasteiger charge is 2.36. The standard InChI is InChI=1S/C16H25NO3S/c1-12-7-9-14(10-8-12)21(19,20)16-6-4-3-5-15(16)17-13(2)11-18/h7-10,13,15-18H,3-6,11H2,1-2H3/t13-,15+,16-/m0/s1. The molecule has 3 atom stereocenters. The van der Waals surface area contributed by atoms with Gasteiger partial charge in [-0.3, -0.25) is 0 Å². The van der Waals surface area contributed by atoms with Crippen LogP contribution in [0.2, 0.25) is 0 Å². The van der Waals surface area contributed by atoms with Crippen molar-refractivity contribution in [1.29, 1.82) is 0 Å². The monoisotopic (exact) mass is 311 g/mol. The zero-order valence-electron chi connectivity index (χ0n) is 12.7. The Morgan fingerprint density at radius 2 is 1.86 bits per heavy atom. The Kier molecular flexibility index (Phi) is 5.41. The number of hydrogen-bond donors (Lipinski definition) is 2. The Bertz CT molecular complexity index is 553. The second-order valence-corrected chi connectivity index (χ2v) is 8.20. The van der Waals surface area contributed by atoms with Crippen molar-refractivity contribution < 1.29 is 13.5 Å². The van der Waals surface area contributed by atoms with Gasteiger partial charge in [-0.05, 0) is 38.8 Å². The predicted octanol–water partition coefficient (Wildman–Crippen LogP) is 2.05. The molecule has 1 aromatic rings. The van der Waals surface area contributed by atoms with E-state index in [4.69, 9.17) is 0 Å². The Morgan fingerprint density at radius 3 is 2.48 bits per heavy atom. The Labute approximate surface area is 127 Å². The molecule has 1 fully saturated rings. The van der Waals surface area contributed by atoms with Crippen LogP contribution in [0.15, 0.2) is 29.2 Å². The SMILES string of the molecule is Cc1ccc(S(=O)(=O)[C@H]2CCCC[C@H]2N[C@@H](C)CO)cc1. The van der Waals surface area contributed by atoms with E-state index in [2.05, 4.69) is 5.32 Å². The molecule has 2 rings (SSSR count). The lowest BCUT2D eigenvalue weighted by Gasteiger charge is -2.33. The smallest absolute Gasteiger partial charge is 0.182 e. The van der Waals surface area contributed by atoms with Crippen LogP contribution >= 0.6 is 0 Å². The third kappa shape index (κ3) is 3.84. The highest BCUT2D eigenvalue weighted by atomic mass is 32.2. The van der Waals surface area contributed by atoms with Crippen LogP contribution in [0.25, 0.3) is 0 Å². The van der Waals surface area contributed by atoms with Crippen LogP contribution in [0.3, 0.4) is 0 Å². The van der Waals surface area contributed by atoms with Gasteiger partial charge in [0.1, 0.15) is 0 Å². The normalized spacial score (nSPS) is 24.7. The summed E-state index contributed by atoms with van der Waals surface area (Å²) in [6, 6.07) is 6.93. The maximum absolute atomic E-state index is 12.9. The van der Waals surface area contributed by atoms with E-state index < -0.39 is 15.1 Å². The first-order valence-electron chi connectivity index (χ1n) is 7.62. The van der Waals surface area contributed by atoms with Gasteiger partial charge in [0, 0.05) is 12.1 Å². The van der Waals surface area contributed by atoms with Crippen LogP contribution in [0.5, 0.6) is 0 Å². The van der Waals surface area contributed by atoms with Crippen LogP contribution in [0, 0.1) is 6.92 Å². The van der Waals surface area contributed by atoms with E-state index in [9.17, 15) is 13.5 Å². The van der Waals surface area contributed by atoms with Crippen LogP contribution in [-0.2, 0) is 9.84 Å². The largest absolute Gasteiger partial charge is 0.395 e. The van der Waals surface area contributed by atoms with Crippen molar-refractivity contribution >= 4 is 9.84 Å². The minimum Gasteiger partial charge on any atom is -0.395 e. The molecule has 1 aliphatic carbocycles. The number of sulfone groups is 1. The zero-order chi connectivity index (χ0) is 15.5. The summed E-state index contributed by atoms with van der Waals surface area (Å²) < 4.78 is 25.8. The van der Waals surface area contributed by atoms with Gasteiger partial charge in [0.15, 0.2) is 9.84 Å². The number of hydrogen-bond acceptors (Lipinski definition) is 4. The number of aliphatic hydroxyl groups excluding tert-OH is 1. The molecule has 21 heavy (non-hydrogen) atoms. The zero-order valence-corrected chi connectivity index (χ0v) is 13.6. The van der Waals surface area contributed by atoms with Gasteiger partial charge in [0.2, 0.25) is 0 Å². The van der Waals surface area contributed by atoms with E-state index in [1.54, 1.807) is 12.1 Å². The topological polar surface area (TPSA) is 66.4 Å². The number of aliphatic hydroxyl groups is 1. The summed E-state index contributed by atoms with van der Waals surface area (Å²) in [5, 5.41) is 12.1. The van der Waals surface area contributed by atoms with E-state index in [1.807, 2.05) is 26.0 Å². The number of nitrogens with one attached hydrogen (secondary N) is 1. The van der Waals surface area contributed by atoms with E-state index >= 15 is 0 Å². The molecule has 0 bridgehead atoms. The molecule has 4 nitrogen and oxygen atoms in total. The molecule has 5 heteroatoms. The first kappa shape index (κ1) is 16.5. The molecule has 0 heterocycles. The van der Waals surface area contributed by atoms with Gasteiger partial charge in [-0.15, -0.1) is 0 Å². The molecule has 0 aliphatic heterocycles. The van der Waals surface area contributed by atoms with Crippen LogP contribution in [0.1, 0.15) is 38.2 Å². The van der Waals surface area contributed by atoms with Crippen LogP contribution in [0.4, 0.5) is 0 Å². The van der Waals surface area contributed by atoms with Crippen LogP contribution in [-0.4, -0.2) is 37.5 Å². The van der Waals surface area contributed by atoms with E-state index in [1.165, 1.54) is 0 Å². The summed E-state index contributed by atoms with van der Waals surface area (Å²) in [6.45, 7) is 3.85. The summed E-state index contributed by atoms with van der Waals surface area (Å²) in [5.41, 5.74) is 1.06. The lowest BCUT2D eigenvalue weighted by Crippen LogP contribution is -2.50. The van der Waals surface area contributed by atoms with Crippen molar-refractivity contribution in [1.82, 2.24) is 5.32 Å². The number of aryl methyl sites for hydroxylation is 1. The van der Waals surface area contributed by atoms with Gasteiger partial charge in [0.05, 0.1) is 16.8 Å². The summed E-state index contributed by atoms with van der Waals surface area (Å²) in [6.07, 6.45) is 3.52. The molecular weight excluding hydrogens is 286 g/mol. The van der Waals surface area contributed by atoms with Crippen molar-refractivity contribution in [2.24, 2.45) is 0 Å². The average molecular weight is 311 g/mol. The summed E-state index contributed by atoms with van der Waals surface area (Å²) in [5.74, 6) is 0. The molecule has 0 saturated heterocycles. The van der Waals surface area contributed by atoms with Crippen molar-refractivity contribution in [3.63, 3.8) is 0 Å². The summed E-state index contributed by atoms with van der Waals surface area (Å²) >= 11 is 0. The van der Waals surface area contributed by atoms with Gasteiger partial charge in [-0.2, -0.15) is 0 Å². The quantitative estimate of drug-likeness (QED) is 0.873. The van der Waals surface area contributed by atoms with Crippen LogP contribution < -0.4 is 5.32 Å². The molecule has 1 aliphatic rings. The lowest BCUT2D eigenvalue weighted by atomic mass is 9.94. The second kappa shape index (κ2) is 6.90. The molecule has 0 aromatic heterocycles. The molecule has 0 unspecified atom stereocenters. The fourth-order valence-electron chi connectivity index (χ4n) is 2.98. The number of benzene rings is 1. The first-order chi connectivity index (χ1) is 9.95. The maximum Gasteiger partial charge on any atom is 0.182 e. The summed E-state index contributed by atoms with van der Waals surface area (Å²) in [7, 11) is -3.33. The van der Waals surface area contributed by atoms with Gasteiger partial charge in [-0.25, -0.2) is 8.42 Å². The minimum absolute atomic E-state index is 0.0216. The second-order valence-electron chi connectivity index (χ2n) is 6.04. The average Bonchev–Trinajstić information content (AvgIpc) is 2.48. The first-order valence-corrected chi connectivity index (χ1v) is 9.17. The van der Waals surface area contributed by atoms with Crippen molar-refractivity contribution in [2.75, 3.05) is 6.61 Å². The highest BCUT2D eigenvalue weighted by molar-refractivity contribution is 7.92. The maximum atomic E-state index is 12.9. The lowest BCUT2D eigenvalue weighted by molar-refractivity contribution is 0.228. The van der Waals surface area contributed by atoms with Gasteiger partial charge >= 0.3 is 0 Å². The molecule has 118 valence electrons. The van der Waals surface area contributed by atoms with Crippen molar-refractivity contribution in [2.45, 2.75) is 61.8 Å². The molecule has 1 aromatic carbocycles. The van der Waals surface area contributed by atoms with E-state index in [-0.39, 0.29) is 18.7 Å². The van der Waals surface area contributed by atoms with Gasteiger partial charge in [-0.1, -0.05) is 30.5 Å². The molecule has 0 amide bonds. The Morgan fingerprint density at radius 1 is 1.24 bits per heavy atom. The van der Waals surface area contributed by atoms with Crippen molar-refractivity contribution in [3.05, 3.63) is 29.8 Å². The fraction of sp³-hybridized carbons (Fsp3) is 0.625. The molecule has 1 saturated carbocycles. The molecule has 0 radical (unpaired) electrons. The molecule has 0 spiro atoms. The van der Waals surface area contributed by atoms with Crippen molar-refractivity contribution in [3.8, 4) is 0 Å². The summed E-state index contributed by atoms with van der Waals surface area (Å²) in [4.78, 5) is 0.406. The highest BCUT2D eigenvalue weighted by Crippen LogP contribution is 2.29. The minimum atomic E-state index is -3.33. The Balaban J connectivity index is 2.25. The number of rotatable bonds is 5. The Hall–Kier alpha value is -0.910. The third-order valence-electron chi connectivity index (χ3n) is 4.22. The van der Waals surface area contributed by atoms with E-state index in [0.717, 1.165) is 24.8 Å².